The molecule has 0 bridgehead atoms. The van der Waals surface area contributed by atoms with Crippen LogP contribution in [0.1, 0.15) is 46.0 Å². The summed E-state index contributed by atoms with van der Waals surface area (Å²) in [5.74, 6) is 1.18. The summed E-state index contributed by atoms with van der Waals surface area (Å²) in [6.07, 6.45) is 4.49. The first kappa shape index (κ1) is 22.4. The van der Waals surface area contributed by atoms with Crippen molar-refractivity contribution in [3.63, 3.8) is 0 Å². The van der Waals surface area contributed by atoms with Gasteiger partial charge >= 0.3 is 6.09 Å². The Labute approximate surface area is 159 Å². The molecule has 0 aliphatic heterocycles. The van der Waals surface area contributed by atoms with E-state index in [-0.39, 0.29) is 0 Å². The van der Waals surface area contributed by atoms with E-state index in [1.807, 2.05) is 13.0 Å². The van der Waals surface area contributed by atoms with Crippen molar-refractivity contribution < 1.29 is 14.1 Å². The second kappa shape index (κ2) is 12.7. The van der Waals surface area contributed by atoms with Gasteiger partial charge in [0.25, 0.3) is 6.65 Å². The van der Waals surface area contributed by atoms with Crippen LogP contribution >= 0.6 is 30.2 Å². The van der Waals surface area contributed by atoms with Gasteiger partial charge in [0.05, 0.1) is 12.1 Å². The standard InChI is InChI=1S/C16H28N3O3PS2/c1-3-5-6-10-13-19(25-18-23(17,21)24-14-4-2)16(20)22-15-11-8-7-9-12-15/h7-9,11-12H,3-6,10,13-14H2,1-2H3,(H3,17,18,21). The third-order valence-electron chi connectivity index (χ3n) is 3.13. The molecule has 1 amide bonds. The molecule has 0 aliphatic carbocycles. The fourth-order valence-corrected chi connectivity index (χ4v) is 5.84. The fraction of sp³-hybridized carbons (Fsp3) is 0.562. The summed E-state index contributed by atoms with van der Waals surface area (Å²) in [4.78, 5) is 12.4. The van der Waals surface area contributed by atoms with Gasteiger partial charge < -0.3 is 4.74 Å². The third-order valence-corrected chi connectivity index (χ3v) is 8.37. The molecule has 0 saturated carbocycles. The molecule has 9 heteroatoms. The Morgan fingerprint density at radius 1 is 1.20 bits per heavy atom. The highest BCUT2D eigenvalue weighted by Crippen LogP contribution is 2.49. The molecule has 0 aromatic heterocycles. The van der Waals surface area contributed by atoms with Gasteiger partial charge in [0.15, 0.2) is 0 Å². The van der Waals surface area contributed by atoms with Crippen LogP contribution in [0.5, 0.6) is 5.75 Å². The number of ether oxygens (including phenoxy) is 1. The number of para-hydroxylation sites is 1. The lowest BCUT2D eigenvalue weighted by Gasteiger charge is -2.22. The molecule has 0 fully saturated rings. The molecule has 0 spiro atoms. The van der Waals surface area contributed by atoms with E-state index in [1.165, 1.54) is 15.7 Å². The largest absolute Gasteiger partial charge is 0.426 e. The smallest absolute Gasteiger partial charge is 0.410 e. The Morgan fingerprint density at radius 3 is 2.56 bits per heavy atom. The second-order valence-corrected chi connectivity index (χ2v) is 11.1. The summed E-state index contributed by atoms with van der Waals surface area (Å²) in [6.45, 7) is 1.58. The molecule has 6 nitrogen and oxygen atoms in total. The predicted molar refractivity (Wildman–Crippen MR) is 109 cm³/mol. The first-order valence-corrected chi connectivity index (χ1v) is 12.6. The van der Waals surface area contributed by atoms with Gasteiger partial charge in [-0.15, -0.1) is 0 Å². The van der Waals surface area contributed by atoms with Crippen LogP contribution in [0.4, 0.5) is 4.79 Å². The number of hydrogen-bond acceptors (Lipinski definition) is 5. The fourth-order valence-electron chi connectivity index (χ4n) is 1.86. The average Bonchev–Trinajstić information content (AvgIpc) is 2.60. The normalized spacial score (nSPS) is 13.2. The highest BCUT2D eigenvalue weighted by molar-refractivity contribution is 8.58. The van der Waals surface area contributed by atoms with E-state index in [0.29, 0.717) is 18.0 Å². The number of amides is 1. The molecule has 1 aromatic rings. The van der Waals surface area contributed by atoms with Crippen LogP contribution in [-0.2, 0) is 4.57 Å². The van der Waals surface area contributed by atoms with Gasteiger partial charge in [0.2, 0.25) is 0 Å². The Bertz CT molecular complexity index is 549. The topological polar surface area (TPSA) is 84.7 Å². The van der Waals surface area contributed by atoms with E-state index >= 15 is 0 Å². The molecule has 142 valence electrons. The number of carbonyl (C=O) groups is 1. The molecule has 1 unspecified atom stereocenters. The summed E-state index contributed by atoms with van der Waals surface area (Å²) in [5, 5.41) is 0. The summed E-state index contributed by atoms with van der Waals surface area (Å²) in [7, 11) is 0. The Hall–Kier alpha value is -0.660. The zero-order valence-electron chi connectivity index (χ0n) is 14.8. The van der Waals surface area contributed by atoms with Crippen molar-refractivity contribution in [2.75, 3.05) is 12.3 Å². The number of benzene rings is 1. The van der Waals surface area contributed by atoms with Crippen LogP contribution in [0.2, 0.25) is 0 Å². The van der Waals surface area contributed by atoms with Crippen molar-refractivity contribution in [2.24, 2.45) is 5.50 Å². The quantitative estimate of drug-likeness (QED) is 0.272. The maximum Gasteiger partial charge on any atom is 0.426 e. The van der Waals surface area contributed by atoms with E-state index < -0.39 is 12.7 Å². The van der Waals surface area contributed by atoms with Gasteiger partial charge in [-0.25, -0.2) is 9.10 Å². The molecule has 1 aromatic carbocycles. The molecule has 25 heavy (non-hydrogen) atoms. The van der Waals surface area contributed by atoms with Crippen molar-refractivity contribution in [3.05, 3.63) is 30.3 Å². The van der Waals surface area contributed by atoms with Crippen molar-refractivity contribution in [1.29, 1.82) is 0 Å². The van der Waals surface area contributed by atoms with Crippen molar-refractivity contribution in [3.8, 4) is 5.75 Å². The van der Waals surface area contributed by atoms with E-state index in [0.717, 1.165) is 44.2 Å². The molecule has 3 N–H and O–H groups in total. The first-order chi connectivity index (χ1) is 12.0. The van der Waals surface area contributed by atoms with E-state index in [9.17, 15) is 9.36 Å². The Morgan fingerprint density at radius 2 is 1.92 bits per heavy atom. The lowest BCUT2D eigenvalue weighted by atomic mass is 10.2. The first-order valence-electron chi connectivity index (χ1n) is 8.50. The van der Waals surface area contributed by atoms with Crippen molar-refractivity contribution in [2.45, 2.75) is 46.0 Å². The van der Waals surface area contributed by atoms with Crippen LogP contribution in [0.25, 0.3) is 0 Å². The zero-order chi connectivity index (χ0) is 18.5. The number of hydrogen-bond donors (Lipinski definition) is 2. The van der Waals surface area contributed by atoms with Crippen molar-refractivity contribution in [1.82, 2.24) is 8.80 Å². The van der Waals surface area contributed by atoms with Gasteiger partial charge in [-0.1, -0.05) is 62.7 Å². The zero-order valence-corrected chi connectivity index (χ0v) is 17.4. The summed E-state index contributed by atoms with van der Waals surface area (Å²) >= 11 is 2.16. The molecular formula is C16H28N3O3PS2. The lowest BCUT2D eigenvalue weighted by molar-refractivity contribution is 0.181. The summed E-state index contributed by atoms with van der Waals surface area (Å²) in [6, 6.07) is 8.89. The minimum atomic E-state index is -3.05. The monoisotopic (exact) mass is 405 g/mol. The molecule has 0 radical (unpaired) electrons. The SMILES string of the molecule is CCCCCCN(SNP(N)(=O)SCCC)C(=O)Oc1ccccc1. The lowest BCUT2D eigenvalue weighted by Crippen LogP contribution is -2.31. The molecule has 0 heterocycles. The van der Waals surface area contributed by atoms with E-state index in [1.54, 1.807) is 24.3 Å². The molecule has 0 saturated heterocycles. The average molecular weight is 406 g/mol. The van der Waals surface area contributed by atoms with E-state index in [2.05, 4.69) is 11.4 Å². The molecule has 1 rings (SSSR count). The number of carbonyl (C=O) groups excluding carboxylic acids is 1. The number of nitrogens with zero attached hydrogens (tertiary/aromatic N) is 1. The Kier molecular flexibility index (Phi) is 11.3. The summed E-state index contributed by atoms with van der Waals surface area (Å²) in [5.41, 5.74) is 5.79. The maximum atomic E-state index is 12.4. The minimum absolute atomic E-state index is 0.475. The second-order valence-electron chi connectivity index (χ2n) is 5.46. The van der Waals surface area contributed by atoms with Crippen LogP contribution in [0.15, 0.2) is 30.3 Å². The third kappa shape index (κ3) is 10.2. The van der Waals surface area contributed by atoms with Gasteiger partial charge in [-0.05, 0) is 25.0 Å². The number of rotatable bonds is 12. The van der Waals surface area contributed by atoms with Crippen LogP contribution < -0.4 is 14.7 Å². The summed E-state index contributed by atoms with van der Waals surface area (Å²) < 4.78 is 21.8. The Balaban J connectivity index is 2.61. The van der Waals surface area contributed by atoms with Crippen LogP contribution in [0.3, 0.4) is 0 Å². The number of nitrogens with one attached hydrogen (secondary N) is 1. The highest BCUT2D eigenvalue weighted by Gasteiger charge is 2.22. The van der Waals surface area contributed by atoms with Gasteiger partial charge in [-0.2, -0.15) is 4.49 Å². The van der Waals surface area contributed by atoms with Crippen molar-refractivity contribution >= 4 is 36.3 Å². The molecular weight excluding hydrogens is 377 g/mol. The molecule has 0 aliphatic rings. The number of unbranched alkanes of at least 4 members (excludes halogenated alkanes) is 3. The molecule has 1 atom stereocenters. The van der Waals surface area contributed by atoms with Crippen LogP contribution in [-0.4, -0.2) is 22.7 Å². The predicted octanol–water partition coefficient (Wildman–Crippen LogP) is 5.43. The highest BCUT2D eigenvalue weighted by atomic mass is 32.7. The van der Waals surface area contributed by atoms with Gasteiger partial charge in [-0.3, -0.25) is 10.1 Å². The van der Waals surface area contributed by atoms with E-state index in [4.69, 9.17) is 10.2 Å². The maximum absolute atomic E-state index is 12.4. The van der Waals surface area contributed by atoms with Crippen LogP contribution in [0, 0.1) is 0 Å². The minimum Gasteiger partial charge on any atom is -0.410 e. The number of nitrogens with two attached hydrogens (primary N) is 1. The van der Waals surface area contributed by atoms with Gasteiger partial charge in [0, 0.05) is 12.3 Å². The van der Waals surface area contributed by atoms with Gasteiger partial charge in [0.1, 0.15) is 5.75 Å².